The zero-order valence-electron chi connectivity index (χ0n) is 10.9. The molecule has 0 aliphatic rings. The summed E-state index contributed by atoms with van der Waals surface area (Å²) >= 11 is 0. The highest BCUT2D eigenvalue weighted by molar-refractivity contribution is 5.95. The van der Waals surface area contributed by atoms with E-state index in [0.29, 0.717) is 5.69 Å². The van der Waals surface area contributed by atoms with Gasteiger partial charge in [0.2, 0.25) is 0 Å². The van der Waals surface area contributed by atoms with Crippen LogP contribution in [0.1, 0.15) is 0 Å². The summed E-state index contributed by atoms with van der Waals surface area (Å²) in [6.45, 7) is 0. The average Bonchev–Trinajstić information content (AvgIpc) is 2.49. The minimum Gasteiger partial charge on any atom is -0.508 e. The molecule has 21 heavy (non-hydrogen) atoms. The van der Waals surface area contributed by atoms with Crippen LogP contribution < -0.4 is 0 Å². The first-order valence-electron chi connectivity index (χ1n) is 6.29. The van der Waals surface area contributed by atoms with Gasteiger partial charge in [-0.3, -0.25) is 0 Å². The maximum Gasteiger partial charge on any atom is 0.143 e. The Morgan fingerprint density at radius 2 is 1.48 bits per heavy atom. The predicted octanol–water partition coefficient (Wildman–Crippen LogP) is 4.37. The van der Waals surface area contributed by atoms with Gasteiger partial charge >= 0.3 is 0 Å². The molecule has 0 unspecified atom stereocenters. The average molecular weight is 280 g/mol. The van der Waals surface area contributed by atoms with E-state index in [9.17, 15) is 15.3 Å². The van der Waals surface area contributed by atoms with E-state index < -0.39 is 0 Å². The zero-order valence-corrected chi connectivity index (χ0v) is 10.9. The first-order chi connectivity index (χ1) is 10.1. The Bertz CT molecular complexity index is 844. The van der Waals surface area contributed by atoms with E-state index in [4.69, 9.17) is 0 Å². The van der Waals surface area contributed by atoms with Gasteiger partial charge in [-0.25, -0.2) is 0 Å². The second-order valence-corrected chi connectivity index (χ2v) is 4.53. The maximum absolute atomic E-state index is 9.94. The molecule has 0 amide bonds. The lowest BCUT2D eigenvalue weighted by Gasteiger charge is -2.04. The Hall–Kier alpha value is -3.08. The van der Waals surface area contributed by atoms with Crippen molar-refractivity contribution in [1.82, 2.24) is 0 Å². The second-order valence-electron chi connectivity index (χ2n) is 4.53. The third-order valence-corrected chi connectivity index (χ3v) is 3.10. The van der Waals surface area contributed by atoms with Crippen LogP contribution in [0.5, 0.6) is 17.2 Å². The van der Waals surface area contributed by atoms with Crippen molar-refractivity contribution in [2.75, 3.05) is 0 Å². The molecule has 0 fully saturated rings. The second kappa shape index (κ2) is 5.13. The van der Waals surface area contributed by atoms with Gasteiger partial charge < -0.3 is 15.3 Å². The smallest absolute Gasteiger partial charge is 0.143 e. The maximum atomic E-state index is 9.94. The van der Waals surface area contributed by atoms with Crippen molar-refractivity contribution in [3.8, 4) is 17.2 Å². The first-order valence-corrected chi connectivity index (χ1v) is 6.29. The molecule has 0 saturated carbocycles. The van der Waals surface area contributed by atoms with Gasteiger partial charge in [-0.1, -0.05) is 30.3 Å². The number of rotatable bonds is 2. The number of azo groups is 1. The molecule has 3 rings (SSSR count). The Morgan fingerprint density at radius 1 is 0.714 bits per heavy atom. The van der Waals surface area contributed by atoms with Crippen molar-refractivity contribution in [2.24, 2.45) is 10.2 Å². The van der Waals surface area contributed by atoms with E-state index in [-0.39, 0.29) is 22.9 Å². The number of phenolic OH excluding ortho intramolecular Hbond substituents is 3. The van der Waals surface area contributed by atoms with E-state index in [1.807, 2.05) is 24.3 Å². The summed E-state index contributed by atoms with van der Waals surface area (Å²) in [6, 6.07) is 14.8. The van der Waals surface area contributed by atoms with Crippen LogP contribution in [0.3, 0.4) is 0 Å². The standard InChI is InChI=1S/C16H12N2O3/c19-11-6-8-14(20)13(9-11)17-18-16-12-4-2-1-3-10(12)5-7-15(16)21/h1-9,19-21H/b18-17+. The lowest BCUT2D eigenvalue weighted by atomic mass is 10.1. The molecule has 0 heterocycles. The quantitative estimate of drug-likeness (QED) is 0.481. The summed E-state index contributed by atoms with van der Waals surface area (Å²) in [5.74, 6) is -0.128. The molecule has 3 aromatic carbocycles. The molecule has 3 N–H and O–H groups in total. The van der Waals surface area contributed by atoms with E-state index in [0.717, 1.165) is 10.8 Å². The summed E-state index contributed by atoms with van der Waals surface area (Å²) in [5.41, 5.74) is 0.443. The van der Waals surface area contributed by atoms with Crippen LogP contribution in [-0.4, -0.2) is 15.3 Å². The highest BCUT2D eigenvalue weighted by atomic mass is 16.3. The minimum atomic E-state index is -0.101. The van der Waals surface area contributed by atoms with Crippen molar-refractivity contribution in [1.29, 1.82) is 0 Å². The third-order valence-electron chi connectivity index (χ3n) is 3.10. The van der Waals surface area contributed by atoms with Gasteiger partial charge in [0.15, 0.2) is 0 Å². The van der Waals surface area contributed by atoms with Crippen LogP contribution in [0.15, 0.2) is 64.8 Å². The number of fused-ring (bicyclic) bond motifs is 1. The molecule has 3 aromatic rings. The van der Waals surface area contributed by atoms with Crippen LogP contribution in [0.25, 0.3) is 10.8 Å². The van der Waals surface area contributed by atoms with Gasteiger partial charge in [-0.05, 0) is 23.6 Å². The highest BCUT2D eigenvalue weighted by Crippen LogP contribution is 2.37. The van der Waals surface area contributed by atoms with Crippen LogP contribution in [0, 0.1) is 0 Å². The number of hydrogen-bond acceptors (Lipinski definition) is 5. The predicted molar refractivity (Wildman–Crippen MR) is 79.6 cm³/mol. The van der Waals surface area contributed by atoms with E-state index in [1.165, 1.54) is 18.2 Å². The van der Waals surface area contributed by atoms with Crippen molar-refractivity contribution < 1.29 is 15.3 Å². The highest BCUT2D eigenvalue weighted by Gasteiger charge is 2.07. The SMILES string of the molecule is Oc1ccc(O)c(/N=N/c2c(O)ccc3ccccc23)c1. The molecule has 0 aliphatic heterocycles. The molecule has 0 atom stereocenters. The van der Waals surface area contributed by atoms with Gasteiger partial charge in [0.05, 0.1) is 0 Å². The lowest BCUT2D eigenvalue weighted by molar-refractivity contribution is 0.461. The van der Waals surface area contributed by atoms with Crippen LogP contribution >= 0.6 is 0 Å². The van der Waals surface area contributed by atoms with Gasteiger partial charge in [0.1, 0.15) is 28.6 Å². The molecule has 0 bridgehead atoms. The molecule has 5 nitrogen and oxygen atoms in total. The van der Waals surface area contributed by atoms with Crippen molar-refractivity contribution in [3.63, 3.8) is 0 Å². The summed E-state index contributed by atoms with van der Waals surface area (Å²) in [6.07, 6.45) is 0. The summed E-state index contributed by atoms with van der Waals surface area (Å²) in [7, 11) is 0. The number of aromatic hydroxyl groups is 3. The van der Waals surface area contributed by atoms with Gasteiger partial charge in [-0.2, -0.15) is 0 Å². The van der Waals surface area contributed by atoms with Crippen molar-refractivity contribution >= 4 is 22.1 Å². The third kappa shape index (κ3) is 2.49. The Labute approximate surface area is 120 Å². The molecule has 0 spiro atoms. The fourth-order valence-corrected chi connectivity index (χ4v) is 2.04. The first kappa shape index (κ1) is 12.9. The van der Waals surface area contributed by atoms with Crippen molar-refractivity contribution in [3.05, 3.63) is 54.6 Å². The number of hydrogen-bond donors (Lipinski definition) is 3. The number of phenols is 3. The Morgan fingerprint density at radius 3 is 2.33 bits per heavy atom. The Kier molecular flexibility index (Phi) is 3.16. The van der Waals surface area contributed by atoms with Gasteiger partial charge in [0.25, 0.3) is 0 Å². The molecule has 0 aliphatic carbocycles. The summed E-state index contributed by atoms with van der Waals surface area (Å²) < 4.78 is 0. The summed E-state index contributed by atoms with van der Waals surface area (Å²) in [5, 5.41) is 38.6. The fraction of sp³-hybridized carbons (Fsp3) is 0. The Balaban J connectivity index is 2.11. The number of benzene rings is 3. The van der Waals surface area contributed by atoms with Crippen molar-refractivity contribution in [2.45, 2.75) is 0 Å². The van der Waals surface area contributed by atoms with Gasteiger partial charge in [-0.15, -0.1) is 10.2 Å². The topological polar surface area (TPSA) is 85.4 Å². The van der Waals surface area contributed by atoms with Crippen LogP contribution in [0.2, 0.25) is 0 Å². The largest absolute Gasteiger partial charge is 0.508 e. The monoisotopic (exact) mass is 280 g/mol. The van der Waals surface area contributed by atoms with E-state index >= 15 is 0 Å². The molecule has 0 radical (unpaired) electrons. The van der Waals surface area contributed by atoms with E-state index in [1.54, 1.807) is 12.1 Å². The molecular formula is C16H12N2O3. The minimum absolute atomic E-state index is 0.00269. The fourth-order valence-electron chi connectivity index (χ4n) is 2.04. The molecule has 104 valence electrons. The number of nitrogens with zero attached hydrogens (tertiary/aromatic N) is 2. The van der Waals surface area contributed by atoms with Crippen LogP contribution in [-0.2, 0) is 0 Å². The van der Waals surface area contributed by atoms with E-state index in [2.05, 4.69) is 10.2 Å². The molecule has 5 heteroatoms. The van der Waals surface area contributed by atoms with Gasteiger partial charge in [0, 0.05) is 11.5 Å². The normalized spacial score (nSPS) is 11.2. The molecular weight excluding hydrogens is 268 g/mol. The molecule has 0 aromatic heterocycles. The van der Waals surface area contributed by atoms with Crippen LogP contribution in [0.4, 0.5) is 11.4 Å². The molecule has 0 saturated heterocycles. The summed E-state index contributed by atoms with van der Waals surface area (Å²) in [4.78, 5) is 0. The lowest BCUT2D eigenvalue weighted by Crippen LogP contribution is -1.75. The zero-order chi connectivity index (χ0) is 14.8.